The number of anilines is 1. The van der Waals surface area contributed by atoms with Gasteiger partial charge in [-0.15, -0.1) is 0 Å². The number of rotatable bonds is 11. The summed E-state index contributed by atoms with van der Waals surface area (Å²) >= 11 is 0. The van der Waals surface area contributed by atoms with Crippen LogP contribution in [0.5, 0.6) is 0 Å². The molecule has 9 nitrogen and oxygen atoms in total. The van der Waals surface area contributed by atoms with Crippen LogP contribution in [0.15, 0.2) is 67.1 Å². The fraction of sp³-hybridized carbons (Fsp3) is 0.280. The van der Waals surface area contributed by atoms with Crippen molar-refractivity contribution in [2.24, 2.45) is 5.73 Å². The molecule has 0 aliphatic heterocycles. The first-order chi connectivity index (χ1) is 16.7. The molecule has 2 unspecified atom stereocenters. The van der Waals surface area contributed by atoms with Crippen molar-refractivity contribution in [1.82, 2.24) is 14.9 Å². The zero-order valence-corrected chi connectivity index (χ0v) is 19.5. The molecule has 4 N–H and O–H groups in total. The van der Waals surface area contributed by atoms with Crippen molar-refractivity contribution in [3.63, 3.8) is 0 Å². The SMILES string of the molecule is CC(C)(N)C(=O)NC(COCc1ccccc1)C(=O)Nc1cn(C(C=O)c2ccc(F)cc2)cn1. The lowest BCUT2D eigenvalue weighted by molar-refractivity contribution is -0.130. The number of hydrogen-bond acceptors (Lipinski definition) is 6. The van der Waals surface area contributed by atoms with E-state index >= 15 is 0 Å². The molecule has 1 heterocycles. The molecule has 2 aromatic carbocycles. The number of hydrogen-bond donors (Lipinski definition) is 3. The van der Waals surface area contributed by atoms with Crippen LogP contribution in [0.25, 0.3) is 0 Å². The highest BCUT2D eigenvalue weighted by Crippen LogP contribution is 2.18. The van der Waals surface area contributed by atoms with Gasteiger partial charge >= 0.3 is 0 Å². The summed E-state index contributed by atoms with van der Waals surface area (Å²) in [6, 6.07) is 13.1. The Bertz CT molecular complexity index is 1140. The standard InChI is InChI=1S/C25H28FN5O4/c1-25(2,27)24(34)29-20(15-35-14-17-6-4-3-5-7-17)23(33)30-22-12-31(16-28-22)21(13-32)18-8-10-19(26)11-9-18/h3-13,16,20-21H,14-15,27H2,1-2H3,(H,29,34)(H,30,33). The fourth-order valence-electron chi connectivity index (χ4n) is 3.14. The van der Waals surface area contributed by atoms with Crippen LogP contribution in [0.1, 0.15) is 31.0 Å². The number of carbonyl (C=O) groups excluding carboxylic acids is 3. The van der Waals surface area contributed by atoms with Gasteiger partial charge in [-0.05, 0) is 37.1 Å². The molecule has 3 aromatic rings. The van der Waals surface area contributed by atoms with Gasteiger partial charge < -0.3 is 30.5 Å². The Balaban J connectivity index is 1.69. The van der Waals surface area contributed by atoms with Crippen LogP contribution < -0.4 is 16.4 Å². The van der Waals surface area contributed by atoms with Crippen LogP contribution in [-0.4, -0.2) is 45.8 Å². The molecular weight excluding hydrogens is 453 g/mol. The van der Waals surface area contributed by atoms with E-state index in [1.807, 2.05) is 30.3 Å². The van der Waals surface area contributed by atoms with Gasteiger partial charge in [0.2, 0.25) is 5.91 Å². The fourth-order valence-corrected chi connectivity index (χ4v) is 3.14. The first-order valence-corrected chi connectivity index (χ1v) is 10.9. The molecule has 0 fully saturated rings. The predicted octanol–water partition coefficient (Wildman–Crippen LogP) is 2.19. The Morgan fingerprint density at radius 1 is 1.17 bits per heavy atom. The van der Waals surface area contributed by atoms with E-state index in [2.05, 4.69) is 15.6 Å². The maximum Gasteiger partial charge on any atom is 0.250 e. The average molecular weight is 482 g/mol. The van der Waals surface area contributed by atoms with Crippen molar-refractivity contribution in [2.75, 3.05) is 11.9 Å². The summed E-state index contributed by atoms with van der Waals surface area (Å²) in [4.78, 5) is 41.2. The monoisotopic (exact) mass is 481 g/mol. The van der Waals surface area contributed by atoms with Gasteiger partial charge in [-0.1, -0.05) is 42.5 Å². The van der Waals surface area contributed by atoms with E-state index in [4.69, 9.17) is 10.5 Å². The molecule has 0 saturated heterocycles. The van der Waals surface area contributed by atoms with E-state index in [0.717, 1.165) is 5.56 Å². The van der Waals surface area contributed by atoms with Gasteiger partial charge in [-0.2, -0.15) is 0 Å². The second-order valence-electron chi connectivity index (χ2n) is 8.58. The molecule has 2 amide bonds. The first-order valence-electron chi connectivity index (χ1n) is 10.9. The number of nitrogens with one attached hydrogen (secondary N) is 2. The quantitative estimate of drug-likeness (QED) is 0.360. The molecule has 0 bridgehead atoms. The van der Waals surface area contributed by atoms with Gasteiger partial charge in [0.05, 0.1) is 25.1 Å². The number of ether oxygens (including phenoxy) is 1. The Labute approximate surface area is 202 Å². The molecule has 0 aliphatic carbocycles. The van der Waals surface area contributed by atoms with Crippen molar-refractivity contribution >= 4 is 23.9 Å². The number of imidazole rings is 1. The smallest absolute Gasteiger partial charge is 0.250 e. The Kier molecular flexibility index (Phi) is 8.45. The Hall–Kier alpha value is -3.89. The molecule has 184 valence electrons. The van der Waals surface area contributed by atoms with Crippen LogP contribution >= 0.6 is 0 Å². The second kappa shape index (κ2) is 11.5. The highest BCUT2D eigenvalue weighted by Gasteiger charge is 2.29. The molecule has 2 atom stereocenters. The van der Waals surface area contributed by atoms with Gasteiger partial charge in [-0.3, -0.25) is 9.59 Å². The van der Waals surface area contributed by atoms with Crippen LogP contribution in [0.2, 0.25) is 0 Å². The minimum absolute atomic E-state index is 0.101. The zero-order valence-electron chi connectivity index (χ0n) is 19.5. The van der Waals surface area contributed by atoms with Gasteiger partial charge in [0.1, 0.15) is 24.2 Å². The van der Waals surface area contributed by atoms with Crippen LogP contribution in [0.4, 0.5) is 10.2 Å². The number of nitrogens with zero attached hydrogens (tertiary/aromatic N) is 2. The summed E-state index contributed by atoms with van der Waals surface area (Å²) in [5, 5.41) is 5.23. The Morgan fingerprint density at radius 3 is 2.49 bits per heavy atom. The van der Waals surface area contributed by atoms with E-state index < -0.39 is 35.3 Å². The van der Waals surface area contributed by atoms with Gasteiger partial charge in [0.25, 0.3) is 5.91 Å². The van der Waals surface area contributed by atoms with Crippen molar-refractivity contribution in [2.45, 2.75) is 38.1 Å². The lowest BCUT2D eigenvalue weighted by Gasteiger charge is -2.23. The number of benzene rings is 2. The third-order valence-corrected chi connectivity index (χ3v) is 5.12. The van der Waals surface area contributed by atoms with E-state index in [9.17, 15) is 18.8 Å². The van der Waals surface area contributed by atoms with E-state index in [-0.39, 0.29) is 19.0 Å². The maximum absolute atomic E-state index is 13.2. The van der Waals surface area contributed by atoms with Crippen LogP contribution in [0.3, 0.4) is 0 Å². The molecule has 1 aromatic heterocycles. The molecule has 0 saturated carbocycles. The maximum atomic E-state index is 13.2. The molecule has 35 heavy (non-hydrogen) atoms. The molecule has 0 spiro atoms. The summed E-state index contributed by atoms with van der Waals surface area (Å²) in [7, 11) is 0. The number of nitrogens with two attached hydrogens (primary N) is 1. The van der Waals surface area contributed by atoms with Crippen molar-refractivity contribution in [1.29, 1.82) is 0 Å². The third-order valence-electron chi connectivity index (χ3n) is 5.12. The normalized spacial score (nSPS) is 13.0. The lowest BCUT2D eigenvalue weighted by atomic mass is 10.1. The van der Waals surface area contributed by atoms with E-state index in [0.29, 0.717) is 11.8 Å². The minimum atomic E-state index is -1.20. The molecule has 3 rings (SSSR count). The number of aromatic nitrogens is 2. The number of carbonyl (C=O) groups is 3. The molecule has 10 heteroatoms. The van der Waals surface area contributed by atoms with Crippen LogP contribution in [-0.2, 0) is 25.7 Å². The van der Waals surface area contributed by atoms with E-state index in [1.165, 1.54) is 55.2 Å². The third kappa shape index (κ3) is 7.29. The van der Waals surface area contributed by atoms with Crippen molar-refractivity contribution < 1.29 is 23.5 Å². The number of aldehydes is 1. The summed E-state index contributed by atoms with van der Waals surface area (Å²) in [5.41, 5.74) is 6.13. The zero-order chi connectivity index (χ0) is 25.4. The first kappa shape index (κ1) is 25.7. The lowest BCUT2D eigenvalue weighted by Crippen LogP contribution is -2.56. The van der Waals surface area contributed by atoms with E-state index in [1.54, 1.807) is 0 Å². The highest BCUT2D eigenvalue weighted by atomic mass is 19.1. The van der Waals surface area contributed by atoms with Gasteiger partial charge in [-0.25, -0.2) is 9.37 Å². The molecule has 0 radical (unpaired) electrons. The van der Waals surface area contributed by atoms with Gasteiger partial charge in [0, 0.05) is 6.20 Å². The molecule has 0 aliphatic rings. The number of amides is 2. The molecular formula is C25H28FN5O4. The topological polar surface area (TPSA) is 128 Å². The number of halogens is 1. The Morgan fingerprint density at radius 2 is 1.86 bits per heavy atom. The summed E-state index contributed by atoms with van der Waals surface area (Å²) in [6.07, 6.45) is 3.53. The minimum Gasteiger partial charge on any atom is -0.374 e. The van der Waals surface area contributed by atoms with Crippen LogP contribution in [0, 0.1) is 5.82 Å². The predicted molar refractivity (Wildman–Crippen MR) is 128 cm³/mol. The highest BCUT2D eigenvalue weighted by molar-refractivity contribution is 5.98. The van der Waals surface area contributed by atoms with Crippen molar-refractivity contribution in [3.05, 3.63) is 84.1 Å². The van der Waals surface area contributed by atoms with Crippen molar-refractivity contribution in [3.8, 4) is 0 Å². The average Bonchev–Trinajstić information content (AvgIpc) is 3.28. The summed E-state index contributed by atoms with van der Waals surface area (Å²) in [5.74, 6) is -1.34. The summed E-state index contributed by atoms with van der Waals surface area (Å²) in [6.45, 7) is 3.20. The largest absolute Gasteiger partial charge is 0.374 e. The second-order valence-corrected chi connectivity index (χ2v) is 8.58. The van der Waals surface area contributed by atoms with Gasteiger partial charge in [0.15, 0.2) is 5.82 Å². The summed E-state index contributed by atoms with van der Waals surface area (Å²) < 4.78 is 20.4.